The fraction of sp³-hybridized carbons (Fsp3) is 0.318. The molecule has 4 rings (SSSR count). The molecule has 29 heavy (non-hydrogen) atoms. The van der Waals surface area contributed by atoms with Crippen molar-refractivity contribution in [2.24, 2.45) is 5.92 Å². The van der Waals surface area contributed by atoms with Crippen LogP contribution in [0.5, 0.6) is 0 Å². The van der Waals surface area contributed by atoms with Gasteiger partial charge in [0.15, 0.2) is 5.82 Å². The number of aryl methyl sites for hydroxylation is 1. The van der Waals surface area contributed by atoms with Crippen LogP contribution in [0.15, 0.2) is 57.9 Å². The second kappa shape index (κ2) is 8.00. The van der Waals surface area contributed by atoms with Crippen molar-refractivity contribution in [3.8, 4) is 11.1 Å². The van der Waals surface area contributed by atoms with Gasteiger partial charge in [-0.15, -0.1) is 0 Å². The van der Waals surface area contributed by atoms with Crippen molar-refractivity contribution >= 4 is 15.8 Å². The highest BCUT2D eigenvalue weighted by Crippen LogP contribution is 2.33. The molecule has 0 atom stereocenters. The number of aromatic nitrogens is 1. The molecule has 2 aromatic carbocycles. The Morgan fingerprint density at radius 2 is 1.76 bits per heavy atom. The Hall–Kier alpha value is -2.64. The minimum Gasteiger partial charge on any atom is -0.376 e. The highest BCUT2D eigenvalue weighted by Gasteiger charge is 2.24. The number of sulfonamides is 1. The van der Waals surface area contributed by atoms with E-state index in [0.717, 1.165) is 17.7 Å². The van der Waals surface area contributed by atoms with E-state index in [1.807, 2.05) is 36.4 Å². The number of ether oxygens (including phenoxy) is 1. The van der Waals surface area contributed by atoms with E-state index in [2.05, 4.69) is 9.88 Å². The van der Waals surface area contributed by atoms with Gasteiger partial charge in [0.1, 0.15) is 5.76 Å². The smallest absolute Gasteiger partial charge is 0.263 e. The van der Waals surface area contributed by atoms with Crippen LogP contribution in [0.25, 0.3) is 11.1 Å². The number of rotatable bonds is 8. The Labute approximate surface area is 170 Å². The summed E-state index contributed by atoms with van der Waals surface area (Å²) >= 11 is 0. The predicted molar refractivity (Wildman–Crippen MR) is 111 cm³/mol. The summed E-state index contributed by atoms with van der Waals surface area (Å²) in [6.45, 7) is 4.71. The fourth-order valence-electron chi connectivity index (χ4n) is 3.15. The summed E-state index contributed by atoms with van der Waals surface area (Å²) in [5, 5.41) is 3.82. The van der Waals surface area contributed by atoms with Crippen molar-refractivity contribution in [1.82, 2.24) is 5.16 Å². The molecule has 0 spiro atoms. The standard InChI is InChI=1S/C22H24N2O4S/c1-15-16(2)28-23-22(15)24-29(25,26)21-10-6-5-9-20(21)19-8-4-3-7-18(19)14-27-13-17-11-12-17/h3-10,17H,11-14H2,1-2H3,(H,23,24). The Bertz CT molecular complexity index is 1120. The molecule has 0 radical (unpaired) electrons. The molecule has 0 aliphatic heterocycles. The van der Waals surface area contributed by atoms with Gasteiger partial charge < -0.3 is 9.26 Å². The van der Waals surface area contributed by atoms with E-state index in [-0.39, 0.29) is 10.7 Å². The molecule has 1 fully saturated rings. The lowest BCUT2D eigenvalue weighted by atomic mass is 10.00. The van der Waals surface area contributed by atoms with E-state index < -0.39 is 10.0 Å². The molecule has 6 nitrogen and oxygen atoms in total. The molecule has 1 aromatic heterocycles. The van der Waals surface area contributed by atoms with Crippen molar-refractivity contribution in [1.29, 1.82) is 0 Å². The summed E-state index contributed by atoms with van der Waals surface area (Å²) < 4.78 is 39.8. The Morgan fingerprint density at radius 1 is 1.07 bits per heavy atom. The van der Waals surface area contributed by atoms with Crippen LogP contribution in [0.2, 0.25) is 0 Å². The van der Waals surface area contributed by atoms with Crippen LogP contribution in [0.1, 0.15) is 29.7 Å². The van der Waals surface area contributed by atoms with Gasteiger partial charge in [-0.05, 0) is 49.8 Å². The van der Waals surface area contributed by atoms with Gasteiger partial charge in [0.2, 0.25) is 0 Å². The third kappa shape index (κ3) is 4.36. The lowest BCUT2D eigenvalue weighted by Gasteiger charge is -2.15. The molecule has 1 N–H and O–H groups in total. The molecule has 0 saturated heterocycles. The van der Waals surface area contributed by atoms with Crippen molar-refractivity contribution in [3.63, 3.8) is 0 Å². The van der Waals surface area contributed by atoms with Gasteiger partial charge in [-0.25, -0.2) is 8.42 Å². The van der Waals surface area contributed by atoms with Crippen LogP contribution >= 0.6 is 0 Å². The Balaban J connectivity index is 1.67. The SMILES string of the molecule is Cc1onc(NS(=O)(=O)c2ccccc2-c2ccccc2COCC2CC2)c1C. The molecular weight excluding hydrogens is 388 g/mol. The van der Waals surface area contributed by atoms with Gasteiger partial charge in [-0.3, -0.25) is 4.72 Å². The molecule has 1 heterocycles. The topological polar surface area (TPSA) is 81.4 Å². The van der Waals surface area contributed by atoms with Crippen molar-refractivity contribution in [3.05, 3.63) is 65.4 Å². The van der Waals surface area contributed by atoms with E-state index in [1.54, 1.807) is 26.0 Å². The predicted octanol–water partition coefficient (Wildman–Crippen LogP) is 4.69. The first-order valence-corrected chi connectivity index (χ1v) is 11.1. The molecule has 0 bridgehead atoms. The number of benzene rings is 2. The minimum absolute atomic E-state index is 0.190. The average molecular weight is 413 g/mol. The van der Waals surface area contributed by atoms with Crippen LogP contribution in [-0.2, 0) is 21.4 Å². The zero-order valence-corrected chi connectivity index (χ0v) is 17.3. The molecule has 7 heteroatoms. The lowest BCUT2D eigenvalue weighted by Crippen LogP contribution is -2.15. The van der Waals surface area contributed by atoms with Crippen LogP contribution in [-0.4, -0.2) is 20.2 Å². The second-order valence-corrected chi connectivity index (χ2v) is 9.08. The normalized spacial score (nSPS) is 14.1. The maximum absolute atomic E-state index is 13.2. The molecule has 3 aromatic rings. The average Bonchev–Trinajstić information content (AvgIpc) is 3.50. The van der Waals surface area contributed by atoms with E-state index in [0.29, 0.717) is 29.4 Å². The van der Waals surface area contributed by atoms with Crippen LogP contribution in [0.4, 0.5) is 5.82 Å². The van der Waals surface area contributed by atoms with Crippen LogP contribution in [0, 0.1) is 19.8 Å². The maximum Gasteiger partial charge on any atom is 0.263 e. The molecule has 0 amide bonds. The zero-order chi connectivity index (χ0) is 20.4. The summed E-state index contributed by atoms with van der Waals surface area (Å²) in [7, 11) is -3.86. The van der Waals surface area contributed by atoms with Crippen molar-refractivity contribution in [2.45, 2.75) is 38.2 Å². The summed E-state index contributed by atoms with van der Waals surface area (Å²) in [6.07, 6.45) is 2.46. The maximum atomic E-state index is 13.2. The number of nitrogens with zero attached hydrogens (tertiary/aromatic N) is 1. The number of nitrogens with one attached hydrogen (secondary N) is 1. The number of anilines is 1. The summed E-state index contributed by atoms with van der Waals surface area (Å²) in [6, 6.07) is 14.7. The first-order chi connectivity index (χ1) is 14.0. The summed E-state index contributed by atoms with van der Waals surface area (Å²) in [5.41, 5.74) is 3.10. The van der Waals surface area contributed by atoms with E-state index >= 15 is 0 Å². The third-order valence-electron chi connectivity index (χ3n) is 5.18. The van der Waals surface area contributed by atoms with Gasteiger partial charge >= 0.3 is 0 Å². The minimum atomic E-state index is -3.86. The van der Waals surface area contributed by atoms with E-state index in [9.17, 15) is 8.42 Å². The molecule has 1 saturated carbocycles. The second-order valence-electron chi connectivity index (χ2n) is 7.43. The molecule has 152 valence electrons. The van der Waals surface area contributed by atoms with Gasteiger partial charge in [0.05, 0.1) is 11.5 Å². The first kappa shape index (κ1) is 19.7. The zero-order valence-electron chi connectivity index (χ0n) is 16.5. The van der Waals surface area contributed by atoms with Gasteiger partial charge in [-0.2, -0.15) is 0 Å². The molecule has 0 unspecified atom stereocenters. The highest BCUT2D eigenvalue weighted by molar-refractivity contribution is 7.92. The van der Waals surface area contributed by atoms with E-state index in [4.69, 9.17) is 9.26 Å². The van der Waals surface area contributed by atoms with Gasteiger partial charge in [0, 0.05) is 17.7 Å². The molecular formula is C22H24N2O4S. The quantitative estimate of drug-likeness (QED) is 0.581. The summed E-state index contributed by atoms with van der Waals surface area (Å²) in [4.78, 5) is 0.190. The fourth-order valence-corrected chi connectivity index (χ4v) is 4.43. The third-order valence-corrected chi connectivity index (χ3v) is 6.58. The molecule has 1 aliphatic rings. The largest absolute Gasteiger partial charge is 0.376 e. The number of hydrogen-bond acceptors (Lipinski definition) is 5. The van der Waals surface area contributed by atoms with Gasteiger partial charge in [-0.1, -0.05) is 47.6 Å². The first-order valence-electron chi connectivity index (χ1n) is 9.66. The van der Waals surface area contributed by atoms with Crippen molar-refractivity contribution < 1.29 is 17.7 Å². The molecule has 1 aliphatic carbocycles. The Morgan fingerprint density at radius 3 is 2.45 bits per heavy atom. The Kier molecular flexibility index (Phi) is 5.43. The van der Waals surface area contributed by atoms with Crippen molar-refractivity contribution in [2.75, 3.05) is 11.3 Å². The monoisotopic (exact) mass is 412 g/mol. The van der Waals surface area contributed by atoms with Gasteiger partial charge in [0.25, 0.3) is 10.0 Å². The highest BCUT2D eigenvalue weighted by atomic mass is 32.2. The number of hydrogen-bond donors (Lipinski definition) is 1. The summed E-state index contributed by atoms with van der Waals surface area (Å²) in [5.74, 6) is 1.46. The lowest BCUT2D eigenvalue weighted by molar-refractivity contribution is 0.111. The van der Waals surface area contributed by atoms with Crippen LogP contribution in [0.3, 0.4) is 0 Å². The van der Waals surface area contributed by atoms with E-state index in [1.165, 1.54) is 12.8 Å². The van der Waals surface area contributed by atoms with Crippen LogP contribution < -0.4 is 4.72 Å².